The van der Waals surface area contributed by atoms with Crippen molar-refractivity contribution >= 4 is 17.5 Å². The first-order valence-electron chi connectivity index (χ1n) is 13.1. The zero-order valence-corrected chi connectivity index (χ0v) is 21.9. The van der Waals surface area contributed by atoms with Crippen LogP contribution in [0.15, 0.2) is 79.1 Å². The van der Waals surface area contributed by atoms with Crippen molar-refractivity contribution in [1.29, 1.82) is 0 Å². The molecule has 1 unspecified atom stereocenters. The molecule has 0 spiro atoms. The molecule has 2 N–H and O–H groups in total. The van der Waals surface area contributed by atoms with Crippen LogP contribution < -0.4 is 10.2 Å². The van der Waals surface area contributed by atoms with Gasteiger partial charge in [0.2, 0.25) is 5.91 Å². The van der Waals surface area contributed by atoms with E-state index in [9.17, 15) is 14.7 Å². The highest BCUT2D eigenvalue weighted by atomic mass is 16.3. The number of carbonyl (C=O) groups excluding carboxylic acids is 2. The number of nitrogens with one attached hydrogen (secondary N) is 1. The van der Waals surface area contributed by atoms with E-state index >= 15 is 0 Å². The maximum atomic E-state index is 14.0. The molecule has 1 aliphatic rings. The highest BCUT2D eigenvalue weighted by Crippen LogP contribution is 2.33. The summed E-state index contributed by atoms with van der Waals surface area (Å²) < 4.78 is 0. The van der Waals surface area contributed by atoms with E-state index < -0.39 is 18.1 Å². The quantitative estimate of drug-likeness (QED) is 0.441. The molecule has 1 aromatic heterocycles. The van der Waals surface area contributed by atoms with Crippen molar-refractivity contribution in [1.82, 2.24) is 10.3 Å². The third-order valence-corrected chi connectivity index (χ3v) is 7.06. The van der Waals surface area contributed by atoms with Gasteiger partial charge in [0.1, 0.15) is 6.04 Å². The number of nitrogens with zero attached hydrogens (tertiary/aromatic N) is 2. The summed E-state index contributed by atoms with van der Waals surface area (Å²) in [5, 5.41) is 14.4. The van der Waals surface area contributed by atoms with Crippen LogP contribution in [0, 0.1) is 0 Å². The highest BCUT2D eigenvalue weighted by Gasteiger charge is 2.37. The minimum atomic E-state index is -1.43. The van der Waals surface area contributed by atoms with Gasteiger partial charge in [-0.3, -0.25) is 19.5 Å². The second-order valence-corrected chi connectivity index (χ2v) is 10.9. The van der Waals surface area contributed by atoms with Crippen LogP contribution in [0.25, 0.3) is 0 Å². The molecule has 2 aromatic carbocycles. The van der Waals surface area contributed by atoms with Gasteiger partial charge in [0.15, 0.2) is 6.10 Å². The number of anilines is 1. The van der Waals surface area contributed by atoms with Crippen LogP contribution in [0.4, 0.5) is 5.69 Å². The first kappa shape index (κ1) is 26.6. The van der Waals surface area contributed by atoms with Crippen LogP contribution in [0.2, 0.25) is 0 Å². The maximum Gasteiger partial charge on any atom is 0.261 e. The lowest BCUT2D eigenvalue weighted by Gasteiger charge is -2.34. The van der Waals surface area contributed by atoms with Crippen LogP contribution in [0.1, 0.15) is 81.7 Å². The van der Waals surface area contributed by atoms with Crippen LogP contribution in [-0.2, 0) is 15.0 Å². The smallest absolute Gasteiger partial charge is 0.261 e. The number of hydrogen-bond acceptors (Lipinski definition) is 4. The Morgan fingerprint density at radius 2 is 1.57 bits per heavy atom. The van der Waals surface area contributed by atoms with Crippen molar-refractivity contribution in [2.24, 2.45) is 0 Å². The average Bonchev–Trinajstić information content (AvgIpc) is 2.92. The molecular weight excluding hydrogens is 462 g/mol. The van der Waals surface area contributed by atoms with Crippen molar-refractivity contribution in [2.45, 2.75) is 76.5 Å². The second kappa shape index (κ2) is 11.7. The number of aliphatic hydroxyl groups excluding tert-OH is 1. The van der Waals surface area contributed by atoms with Gasteiger partial charge in [0, 0.05) is 29.7 Å². The summed E-state index contributed by atoms with van der Waals surface area (Å²) in [7, 11) is 0. The number of benzene rings is 2. The monoisotopic (exact) mass is 499 g/mol. The third-order valence-electron chi connectivity index (χ3n) is 7.06. The van der Waals surface area contributed by atoms with Gasteiger partial charge in [-0.05, 0) is 47.6 Å². The fraction of sp³-hybridized carbons (Fsp3) is 0.387. The average molecular weight is 500 g/mol. The Morgan fingerprint density at radius 3 is 2.16 bits per heavy atom. The molecule has 2 atom stereocenters. The number of rotatable bonds is 7. The fourth-order valence-electron chi connectivity index (χ4n) is 4.92. The van der Waals surface area contributed by atoms with Gasteiger partial charge in [-0.15, -0.1) is 0 Å². The van der Waals surface area contributed by atoms with Crippen molar-refractivity contribution < 1.29 is 14.7 Å². The lowest BCUT2D eigenvalue weighted by atomic mass is 9.87. The summed E-state index contributed by atoms with van der Waals surface area (Å²) in [4.78, 5) is 33.6. The van der Waals surface area contributed by atoms with Crippen molar-refractivity contribution in [3.05, 3.63) is 95.8 Å². The number of hydrogen-bond donors (Lipinski definition) is 2. The van der Waals surface area contributed by atoms with E-state index in [1.54, 1.807) is 48.8 Å². The predicted molar refractivity (Wildman–Crippen MR) is 146 cm³/mol. The van der Waals surface area contributed by atoms with Crippen LogP contribution in [0.5, 0.6) is 0 Å². The molecule has 0 bridgehead atoms. The first-order valence-corrected chi connectivity index (χ1v) is 13.1. The highest BCUT2D eigenvalue weighted by molar-refractivity contribution is 6.03. The van der Waals surface area contributed by atoms with Gasteiger partial charge >= 0.3 is 0 Å². The maximum absolute atomic E-state index is 14.0. The van der Waals surface area contributed by atoms with Crippen molar-refractivity contribution in [3.63, 3.8) is 0 Å². The number of carbonyl (C=O) groups is 2. The molecule has 0 saturated heterocycles. The van der Waals surface area contributed by atoms with Gasteiger partial charge in [-0.2, -0.15) is 0 Å². The molecule has 1 fully saturated rings. The zero-order valence-electron chi connectivity index (χ0n) is 21.9. The predicted octanol–water partition coefficient (Wildman–Crippen LogP) is 5.64. The Bertz CT molecular complexity index is 1170. The van der Waals surface area contributed by atoms with Crippen LogP contribution in [0.3, 0.4) is 0 Å². The molecular formula is C31H37N3O3. The summed E-state index contributed by atoms with van der Waals surface area (Å²) >= 11 is 0. The molecule has 6 heteroatoms. The molecule has 37 heavy (non-hydrogen) atoms. The summed E-state index contributed by atoms with van der Waals surface area (Å²) in [6.07, 6.45) is 7.00. The fourth-order valence-corrected chi connectivity index (χ4v) is 4.92. The van der Waals surface area contributed by atoms with E-state index in [-0.39, 0.29) is 17.4 Å². The van der Waals surface area contributed by atoms with E-state index in [1.165, 1.54) is 11.3 Å². The lowest BCUT2D eigenvalue weighted by molar-refractivity contribution is -0.131. The molecule has 4 rings (SSSR count). The molecule has 0 aliphatic heterocycles. The number of aromatic nitrogens is 1. The van der Waals surface area contributed by atoms with E-state index in [4.69, 9.17) is 0 Å². The van der Waals surface area contributed by atoms with Gasteiger partial charge in [0.05, 0.1) is 0 Å². The molecule has 1 heterocycles. The largest absolute Gasteiger partial charge is 0.378 e. The summed E-state index contributed by atoms with van der Waals surface area (Å²) in [6, 6.07) is 19.1. The molecule has 2 amide bonds. The first-order chi connectivity index (χ1) is 17.8. The molecule has 1 aliphatic carbocycles. The number of aliphatic hydroxyl groups is 1. The molecule has 6 nitrogen and oxygen atoms in total. The Kier molecular flexibility index (Phi) is 8.39. The summed E-state index contributed by atoms with van der Waals surface area (Å²) in [6.45, 7) is 6.38. The number of amides is 2. The molecule has 3 aromatic rings. The zero-order chi connectivity index (χ0) is 26.4. The van der Waals surface area contributed by atoms with E-state index in [1.807, 2.05) is 30.3 Å². The Balaban J connectivity index is 1.78. The SMILES string of the molecule is CC(C)(C)c1ccc(N(C(=O)[C@H](O)c2ccccc2)C(C(=O)NC2CCCCC2)c2cccnc2)cc1. The minimum Gasteiger partial charge on any atom is -0.378 e. The van der Waals surface area contributed by atoms with Crippen LogP contribution >= 0.6 is 0 Å². The summed E-state index contributed by atoms with van der Waals surface area (Å²) in [5.41, 5.74) is 2.64. The Labute approximate surface area is 219 Å². The topological polar surface area (TPSA) is 82.5 Å². The Morgan fingerprint density at radius 1 is 0.919 bits per heavy atom. The van der Waals surface area contributed by atoms with Crippen LogP contribution in [-0.4, -0.2) is 27.9 Å². The Hall–Kier alpha value is -3.51. The lowest BCUT2D eigenvalue weighted by Crippen LogP contribution is -2.48. The summed E-state index contributed by atoms with van der Waals surface area (Å²) in [5.74, 6) is -0.837. The van der Waals surface area contributed by atoms with E-state index in [0.717, 1.165) is 31.2 Å². The van der Waals surface area contributed by atoms with Gasteiger partial charge < -0.3 is 10.4 Å². The van der Waals surface area contributed by atoms with E-state index in [2.05, 4.69) is 31.1 Å². The standard InChI is InChI=1S/C31H37N3O3/c1-31(2,3)24-16-18-26(19-17-24)34(30(37)28(35)22-11-6-4-7-12-22)27(23-13-10-20-32-21-23)29(36)33-25-14-8-5-9-15-25/h4,6-7,10-13,16-21,25,27-28,35H,5,8-9,14-15H2,1-3H3,(H,33,36)/t27?,28-/m1/s1. The molecule has 0 radical (unpaired) electrons. The van der Waals surface area contributed by atoms with Gasteiger partial charge in [0.25, 0.3) is 5.91 Å². The third kappa shape index (κ3) is 6.44. The normalized spacial score (nSPS) is 16.0. The second-order valence-electron chi connectivity index (χ2n) is 10.9. The van der Waals surface area contributed by atoms with Gasteiger partial charge in [-0.25, -0.2) is 0 Å². The van der Waals surface area contributed by atoms with Crippen molar-refractivity contribution in [3.8, 4) is 0 Å². The van der Waals surface area contributed by atoms with E-state index in [0.29, 0.717) is 16.8 Å². The molecule has 194 valence electrons. The van der Waals surface area contributed by atoms with Crippen molar-refractivity contribution in [2.75, 3.05) is 4.90 Å². The number of pyridine rings is 1. The van der Waals surface area contributed by atoms with Gasteiger partial charge in [-0.1, -0.05) is 88.6 Å². The minimum absolute atomic E-state index is 0.0692. The molecule has 1 saturated carbocycles.